The number of carbonyl (C=O) groups excluding carboxylic acids is 1. The summed E-state index contributed by atoms with van der Waals surface area (Å²) in [4.78, 5) is 12.6. The molecule has 0 aliphatic carbocycles. The van der Waals surface area contributed by atoms with Gasteiger partial charge in [0.15, 0.2) is 11.5 Å². The Morgan fingerprint density at radius 3 is 2.69 bits per heavy atom. The summed E-state index contributed by atoms with van der Waals surface area (Å²) in [6.45, 7) is 2.39. The molecule has 0 N–H and O–H groups in total. The summed E-state index contributed by atoms with van der Waals surface area (Å²) in [5.41, 5.74) is 2.66. The molecule has 1 heterocycles. The van der Waals surface area contributed by atoms with Crippen LogP contribution in [0, 0.1) is 11.3 Å². The Labute approximate surface area is 174 Å². The van der Waals surface area contributed by atoms with Gasteiger partial charge in [-0.2, -0.15) is 10.4 Å². The smallest absolute Gasteiger partial charge is 0.275 e. The van der Waals surface area contributed by atoms with Crippen LogP contribution in [0.1, 0.15) is 24.5 Å². The van der Waals surface area contributed by atoms with Gasteiger partial charge in [0.05, 0.1) is 42.5 Å². The molecule has 1 aliphatic heterocycles. The first-order valence-corrected chi connectivity index (χ1v) is 9.41. The van der Waals surface area contributed by atoms with Crippen molar-refractivity contribution in [3.63, 3.8) is 0 Å². The van der Waals surface area contributed by atoms with Crippen molar-refractivity contribution >= 4 is 29.3 Å². The Bertz CT molecular complexity index is 1010. The maximum atomic E-state index is 12.6. The van der Waals surface area contributed by atoms with Crippen LogP contribution in [0.25, 0.3) is 6.08 Å². The normalized spacial score (nSPS) is 14.7. The Morgan fingerprint density at radius 1 is 1.24 bits per heavy atom. The van der Waals surface area contributed by atoms with E-state index in [0.717, 1.165) is 5.56 Å². The molecule has 0 bridgehead atoms. The summed E-state index contributed by atoms with van der Waals surface area (Å²) in [6.07, 6.45) is 1.90. The molecule has 0 saturated heterocycles. The number of halogens is 1. The predicted molar refractivity (Wildman–Crippen MR) is 112 cm³/mol. The fourth-order valence-corrected chi connectivity index (χ4v) is 3.08. The molecule has 1 aliphatic rings. The van der Waals surface area contributed by atoms with Crippen LogP contribution in [0.2, 0.25) is 5.02 Å². The summed E-state index contributed by atoms with van der Waals surface area (Å²) in [5, 5.41) is 14.7. The van der Waals surface area contributed by atoms with Gasteiger partial charge < -0.3 is 9.47 Å². The fraction of sp³-hybridized carbons (Fsp3) is 0.227. The first-order valence-electron chi connectivity index (χ1n) is 9.04. The second-order valence-electron chi connectivity index (χ2n) is 6.38. The topological polar surface area (TPSA) is 74.9 Å². The number of hydrogen-bond donors (Lipinski definition) is 0. The van der Waals surface area contributed by atoms with Crippen molar-refractivity contribution < 1.29 is 14.3 Å². The van der Waals surface area contributed by atoms with Gasteiger partial charge in [-0.25, -0.2) is 5.01 Å². The van der Waals surface area contributed by atoms with Gasteiger partial charge in [-0.15, -0.1) is 0 Å². The molecule has 0 saturated carbocycles. The zero-order valence-corrected chi connectivity index (χ0v) is 16.9. The molecule has 29 heavy (non-hydrogen) atoms. The lowest BCUT2D eigenvalue weighted by atomic mass is 10.1. The monoisotopic (exact) mass is 409 g/mol. The highest BCUT2D eigenvalue weighted by Gasteiger charge is 2.27. The number of nitrogens with zero attached hydrogens (tertiary/aromatic N) is 3. The number of carbonyl (C=O) groups is 1. The van der Waals surface area contributed by atoms with Gasteiger partial charge in [-0.1, -0.05) is 41.9 Å². The third-order valence-corrected chi connectivity index (χ3v) is 4.71. The summed E-state index contributed by atoms with van der Waals surface area (Å²) < 4.78 is 11.3. The fourth-order valence-electron chi connectivity index (χ4n) is 2.87. The van der Waals surface area contributed by atoms with Crippen LogP contribution in [-0.2, 0) is 11.4 Å². The van der Waals surface area contributed by atoms with E-state index in [1.807, 2.05) is 36.4 Å². The second kappa shape index (κ2) is 9.26. The lowest BCUT2D eigenvalue weighted by Gasteiger charge is -2.13. The first-order chi connectivity index (χ1) is 14.0. The van der Waals surface area contributed by atoms with Crippen LogP contribution < -0.4 is 9.47 Å². The highest BCUT2D eigenvalue weighted by Crippen LogP contribution is 2.35. The number of hydrazone groups is 1. The number of rotatable bonds is 7. The van der Waals surface area contributed by atoms with E-state index in [2.05, 4.69) is 5.10 Å². The summed E-state index contributed by atoms with van der Waals surface area (Å²) >= 11 is 6.45. The van der Waals surface area contributed by atoms with E-state index in [1.165, 1.54) is 5.01 Å². The van der Waals surface area contributed by atoms with Gasteiger partial charge in [0, 0.05) is 6.07 Å². The van der Waals surface area contributed by atoms with E-state index in [-0.39, 0.29) is 18.9 Å². The number of methoxy groups -OCH3 is 1. The average molecular weight is 410 g/mol. The van der Waals surface area contributed by atoms with Crippen LogP contribution in [0.5, 0.6) is 11.5 Å². The van der Waals surface area contributed by atoms with Crippen LogP contribution in [0.15, 0.2) is 53.1 Å². The molecule has 0 atom stereocenters. The Balaban J connectivity index is 1.84. The molecular weight excluding hydrogens is 390 g/mol. The highest BCUT2D eigenvalue weighted by molar-refractivity contribution is 6.33. The van der Waals surface area contributed by atoms with E-state index in [9.17, 15) is 4.79 Å². The van der Waals surface area contributed by atoms with E-state index in [4.69, 9.17) is 26.3 Å². The van der Waals surface area contributed by atoms with Gasteiger partial charge in [0.2, 0.25) is 0 Å². The van der Waals surface area contributed by atoms with E-state index < -0.39 is 0 Å². The van der Waals surface area contributed by atoms with Crippen molar-refractivity contribution in [2.24, 2.45) is 5.10 Å². The van der Waals surface area contributed by atoms with Crippen LogP contribution in [-0.4, -0.2) is 30.3 Å². The Hall–Kier alpha value is -3.30. The van der Waals surface area contributed by atoms with E-state index >= 15 is 0 Å². The van der Waals surface area contributed by atoms with Gasteiger partial charge >= 0.3 is 0 Å². The maximum absolute atomic E-state index is 12.6. The molecule has 2 aromatic carbocycles. The molecule has 3 rings (SSSR count). The van der Waals surface area contributed by atoms with Crippen molar-refractivity contribution in [3.05, 3.63) is 64.2 Å². The summed E-state index contributed by atoms with van der Waals surface area (Å²) in [6, 6.07) is 15.2. The largest absolute Gasteiger partial charge is 0.493 e. The number of hydrogen-bond acceptors (Lipinski definition) is 5. The molecule has 0 spiro atoms. The van der Waals surface area contributed by atoms with Crippen molar-refractivity contribution in [3.8, 4) is 17.6 Å². The first kappa shape index (κ1) is 20.4. The number of benzene rings is 2. The van der Waals surface area contributed by atoms with Crippen LogP contribution >= 0.6 is 11.6 Å². The van der Waals surface area contributed by atoms with Crippen molar-refractivity contribution in [2.45, 2.75) is 20.0 Å². The zero-order valence-electron chi connectivity index (χ0n) is 16.2. The average Bonchev–Trinajstić information content (AvgIpc) is 3.00. The lowest BCUT2D eigenvalue weighted by molar-refractivity contribution is -0.125. The van der Waals surface area contributed by atoms with Crippen LogP contribution in [0.3, 0.4) is 0 Å². The minimum atomic E-state index is -0.253. The molecule has 0 aromatic heterocycles. The SMILES string of the molecule is COc1cc(C=C2C(=O)N(CCC#N)N=C2C)c(Cl)cc1OCc1ccccc1. The minimum absolute atomic E-state index is 0.220. The highest BCUT2D eigenvalue weighted by atomic mass is 35.5. The van der Waals surface area contributed by atoms with Gasteiger partial charge in [0.1, 0.15) is 6.61 Å². The maximum Gasteiger partial charge on any atom is 0.275 e. The number of nitriles is 1. The third kappa shape index (κ3) is 4.76. The molecule has 0 radical (unpaired) electrons. The molecule has 2 aromatic rings. The molecule has 0 fully saturated rings. The number of ether oxygens (including phenoxy) is 2. The minimum Gasteiger partial charge on any atom is -0.493 e. The Kier molecular flexibility index (Phi) is 6.53. The summed E-state index contributed by atoms with van der Waals surface area (Å²) in [5.74, 6) is 0.776. The Morgan fingerprint density at radius 2 is 2.00 bits per heavy atom. The van der Waals surface area contributed by atoms with Gasteiger partial charge in [-0.05, 0) is 30.2 Å². The zero-order chi connectivity index (χ0) is 20.8. The quantitative estimate of drug-likeness (QED) is 0.633. The van der Waals surface area contributed by atoms with Crippen molar-refractivity contribution in [1.29, 1.82) is 5.26 Å². The van der Waals surface area contributed by atoms with Crippen molar-refractivity contribution in [1.82, 2.24) is 5.01 Å². The van der Waals surface area contributed by atoms with Gasteiger partial charge in [0.25, 0.3) is 5.91 Å². The number of amides is 1. The lowest BCUT2D eigenvalue weighted by Crippen LogP contribution is -2.22. The van der Waals surface area contributed by atoms with E-state index in [1.54, 1.807) is 32.2 Å². The standard InChI is InChI=1S/C22H20ClN3O3/c1-15-18(22(27)26(25-15)10-6-9-24)11-17-12-20(28-2)21(13-19(17)23)29-14-16-7-4-3-5-8-16/h3-5,7-8,11-13H,6,10,14H2,1-2H3. The molecule has 0 unspecified atom stereocenters. The predicted octanol–water partition coefficient (Wildman–Crippen LogP) is 4.44. The third-order valence-electron chi connectivity index (χ3n) is 4.38. The summed E-state index contributed by atoms with van der Waals surface area (Å²) in [7, 11) is 1.55. The molecule has 7 heteroatoms. The second-order valence-corrected chi connectivity index (χ2v) is 6.79. The van der Waals surface area contributed by atoms with Crippen molar-refractivity contribution in [2.75, 3.05) is 13.7 Å². The van der Waals surface area contributed by atoms with Gasteiger partial charge in [-0.3, -0.25) is 4.79 Å². The molecule has 1 amide bonds. The molecule has 148 valence electrons. The van der Waals surface area contributed by atoms with E-state index in [0.29, 0.717) is 40.0 Å². The molecular formula is C22H20ClN3O3. The molecule has 6 nitrogen and oxygen atoms in total. The van der Waals surface area contributed by atoms with Crippen LogP contribution in [0.4, 0.5) is 0 Å².